The summed E-state index contributed by atoms with van der Waals surface area (Å²) in [5.41, 5.74) is 0.690. The van der Waals surface area contributed by atoms with Crippen LogP contribution in [-0.2, 0) is 7.05 Å². The number of rotatable bonds is 6. The quantitative estimate of drug-likeness (QED) is 0.796. The van der Waals surface area contributed by atoms with Gasteiger partial charge >= 0.3 is 6.09 Å². The first-order valence-corrected chi connectivity index (χ1v) is 10.0. The van der Waals surface area contributed by atoms with Gasteiger partial charge in [-0.15, -0.1) is 10.2 Å². The fraction of sp³-hybridized carbons (Fsp3) is 0.500. The van der Waals surface area contributed by atoms with Crippen LogP contribution in [-0.4, -0.2) is 64.4 Å². The van der Waals surface area contributed by atoms with E-state index in [2.05, 4.69) is 20.4 Å². The molecule has 2 fully saturated rings. The van der Waals surface area contributed by atoms with Gasteiger partial charge in [-0.2, -0.15) is 0 Å². The Balaban J connectivity index is 1.25. The maximum Gasteiger partial charge on any atom is 0.413 e. The summed E-state index contributed by atoms with van der Waals surface area (Å²) in [4.78, 5) is 28.3. The van der Waals surface area contributed by atoms with Crippen molar-refractivity contribution in [2.45, 2.75) is 19.3 Å². The summed E-state index contributed by atoms with van der Waals surface area (Å²) in [7, 11) is 1.87. The number of aryl methyl sites for hydroxylation is 1. The van der Waals surface area contributed by atoms with E-state index in [0.29, 0.717) is 44.2 Å². The van der Waals surface area contributed by atoms with Crippen LogP contribution in [0.5, 0.6) is 5.88 Å². The van der Waals surface area contributed by atoms with Crippen molar-refractivity contribution in [3.8, 4) is 5.88 Å². The fourth-order valence-corrected chi connectivity index (χ4v) is 3.44. The second-order valence-corrected chi connectivity index (χ2v) is 7.56. The van der Waals surface area contributed by atoms with E-state index in [1.807, 2.05) is 34.8 Å². The highest BCUT2D eigenvalue weighted by molar-refractivity contribution is 5.92. The molecule has 0 atom stereocenters. The van der Waals surface area contributed by atoms with Crippen molar-refractivity contribution in [1.29, 1.82) is 0 Å². The molecule has 2 amide bonds. The lowest BCUT2D eigenvalue weighted by Crippen LogP contribution is -2.49. The Bertz CT molecular complexity index is 853. The molecule has 29 heavy (non-hydrogen) atoms. The molecule has 1 saturated heterocycles. The molecule has 1 aliphatic carbocycles. The van der Waals surface area contributed by atoms with Crippen molar-refractivity contribution < 1.29 is 14.3 Å². The Kier molecular flexibility index (Phi) is 5.64. The molecule has 4 rings (SSSR count). The average molecular weight is 398 g/mol. The molecule has 2 aromatic heterocycles. The van der Waals surface area contributed by atoms with Crippen LogP contribution in [0.15, 0.2) is 30.5 Å². The van der Waals surface area contributed by atoms with E-state index in [1.54, 1.807) is 12.1 Å². The van der Waals surface area contributed by atoms with E-state index >= 15 is 0 Å². The first kappa shape index (κ1) is 19.2. The minimum Gasteiger partial charge on any atom is -0.390 e. The lowest BCUT2D eigenvalue weighted by atomic mass is 10.2. The standard InChI is InChI=1S/C20H26N6O3/c1-24-10-2-3-16(24)19(27)26-13-11-25(12-14-26)17-6-7-18(23-22-17)29-20(28)21-9-8-15-4-5-15/h2-3,6-7,10,15H,4-5,8-9,11-14H2,1H3,(H,21,28). The van der Waals surface area contributed by atoms with Crippen LogP contribution < -0.4 is 15.0 Å². The summed E-state index contributed by atoms with van der Waals surface area (Å²) < 4.78 is 7.00. The van der Waals surface area contributed by atoms with Crippen molar-refractivity contribution in [2.24, 2.45) is 13.0 Å². The van der Waals surface area contributed by atoms with Gasteiger partial charge in [-0.25, -0.2) is 4.79 Å². The van der Waals surface area contributed by atoms with Gasteiger partial charge in [0, 0.05) is 52.0 Å². The smallest absolute Gasteiger partial charge is 0.390 e. The number of hydrogen-bond acceptors (Lipinski definition) is 6. The summed E-state index contributed by atoms with van der Waals surface area (Å²) in [5, 5.41) is 10.9. The maximum absolute atomic E-state index is 12.6. The summed E-state index contributed by atoms with van der Waals surface area (Å²) in [6, 6.07) is 7.13. The molecule has 0 unspecified atom stereocenters. The van der Waals surface area contributed by atoms with Gasteiger partial charge < -0.3 is 24.4 Å². The number of hydrogen-bond donors (Lipinski definition) is 1. The van der Waals surface area contributed by atoms with Crippen LogP contribution in [0.2, 0.25) is 0 Å². The molecule has 0 bridgehead atoms. The largest absolute Gasteiger partial charge is 0.413 e. The van der Waals surface area contributed by atoms with Gasteiger partial charge in [0.25, 0.3) is 5.91 Å². The third-order valence-electron chi connectivity index (χ3n) is 5.40. The molecule has 0 aromatic carbocycles. The minimum absolute atomic E-state index is 0.0414. The van der Waals surface area contributed by atoms with E-state index < -0.39 is 6.09 Å². The number of anilines is 1. The maximum atomic E-state index is 12.6. The molecule has 154 valence electrons. The lowest BCUT2D eigenvalue weighted by Gasteiger charge is -2.35. The third-order valence-corrected chi connectivity index (χ3v) is 5.40. The molecule has 0 spiro atoms. The van der Waals surface area contributed by atoms with E-state index in [1.165, 1.54) is 12.8 Å². The van der Waals surface area contributed by atoms with Gasteiger partial charge in [0.15, 0.2) is 5.82 Å². The minimum atomic E-state index is -0.500. The van der Waals surface area contributed by atoms with E-state index in [0.717, 1.165) is 12.3 Å². The number of nitrogens with one attached hydrogen (secondary N) is 1. The number of ether oxygens (including phenoxy) is 1. The fourth-order valence-electron chi connectivity index (χ4n) is 3.44. The van der Waals surface area contributed by atoms with Crippen LogP contribution in [0, 0.1) is 5.92 Å². The summed E-state index contributed by atoms with van der Waals surface area (Å²) in [6.07, 6.45) is 4.89. The molecule has 3 heterocycles. The highest BCUT2D eigenvalue weighted by Gasteiger charge is 2.24. The zero-order valence-electron chi connectivity index (χ0n) is 16.6. The van der Waals surface area contributed by atoms with Crippen molar-refractivity contribution in [1.82, 2.24) is 25.0 Å². The predicted octanol–water partition coefficient (Wildman–Crippen LogP) is 1.67. The van der Waals surface area contributed by atoms with Gasteiger partial charge in [0.1, 0.15) is 5.69 Å². The van der Waals surface area contributed by atoms with E-state index in [-0.39, 0.29) is 11.8 Å². The van der Waals surface area contributed by atoms with Gasteiger partial charge in [-0.3, -0.25) is 4.79 Å². The number of carbonyl (C=O) groups is 2. The zero-order valence-corrected chi connectivity index (χ0v) is 16.6. The monoisotopic (exact) mass is 398 g/mol. The zero-order chi connectivity index (χ0) is 20.2. The summed E-state index contributed by atoms with van der Waals surface area (Å²) in [6.45, 7) is 3.21. The third kappa shape index (κ3) is 4.85. The van der Waals surface area contributed by atoms with E-state index in [4.69, 9.17) is 4.74 Å². The van der Waals surface area contributed by atoms with Crippen molar-refractivity contribution in [2.75, 3.05) is 37.6 Å². The molecule has 2 aliphatic rings. The SMILES string of the molecule is Cn1cccc1C(=O)N1CCN(c2ccc(OC(=O)NCCC3CC3)nn2)CC1. The average Bonchev–Trinajstić information content (AvgIpc) is 3.46. The van der Waals surface area contributed by atoms with Crippen LogP contribution in [0.1, 0.15) is 29.8 Å². The Morgan fingerprint density at radius 1 is 1.14 bits per heavy atom. The normalized spacial score (nSPS) is 16.6. The lowest BCUT2D eigenvalue weighted by molar-refractivity contribution is 0.0737. The van der Waals surface area contributed by atoms with Crippen molar-refractivity contribution >= 4 is 17.8 Å². The highest BCUT2D eigenvalue weighted by atomic mass is 16.6. The van der Waals surface area contributed by atoms with Gasteiger partial charge in [0.05, 0.1) is 0 Å². The molecular formula is C20H26N6O3. The number of carbonyl (C=O) groups excluding carboxylic acids is 2. The highest BCUT2D eigenvalue weighted by Crippen LogP contribution is 2.31. The van der Waals surface area contributed by atoms with Crippen molar-refractivity contribution in [3.63, 3.8) is 0 Å². The first-order valence-electron chi connectivity index (χ1n) is 10.0. The Morgan fingerprint density at radius 2 is 1.93 bits per heavy atom. The Morgan fingerprint density at radius 3 is 2.55 bits per heavy atom. The summed E-state index contributed by atoms with van der Waals surface area (Å²) >= 11 is 0. The van der Waals surface area contributed by atoms with Gasteiger partial charge in [-0.05, 0) is 30.5 Å². The molecule has 0 radical (unpaired) electrons. The second kappa shape index (κ2) is 8.50. The van der Waals surface area contributed by atoms with Crippen molar-refractivity contribution in [3.05, 3.63) is 36.2 Å². The molecule has 9 nitrogen and oxygen atoms in total. The number of aromatic nitrogens is 3. The summed E-state index contributed by atoms with van der Waals surface area (Å²) in [5.74, 6) is 1.69. The Hall–Kier alpha value is -3.10. The molecular weight excluding hydrogens is 372 g/mol. The first-order chi connectivity index (χ1) is 14.1. The molecule has 9 heteroatoms. The topological polar surface area (TPSA) is 92.6 Å². The second-order valence-electron chi connectivity index (χ2n) is 7.56. The van der Waals surface area contributed by atoms with Crippen LogP contribution in [0.3, 0.4) is 0 Å². The van der Waals surface area contributed by atoms with Gasteiger partial charge in [-0.1, -0.05) is 12.8 Å². The molecule has 1 saturated carbocycles. The van der Waals surface area contributed by atoms with Crippen LogP contribution >= 0.6 is 0 Å². The number of nitrogens with zero attached hydrogens (tertiary/aromatic N) is 5. The molecule has 2 aromatic rings. The molecule has 1 aliphatic heterocycles. The van der Waals surface area contributed by atoms with Crippen LogP contribution in [0.4, 0.5) is 10.6 Å². The molecule has 1 N–H and O–H groups in total. The van der Waals surface area contributed by atoms with Gasteiger partial charge in [0.2, 0.25) is 5.88 Å². The number of amides is 2. The van der Waals surface area contributed by atoms with Crippen LogP contribution in [0.25, 0.3) is 0 Å². The van der Waals surface area contributed by atoms with E-state index in [9.17, 15) is 9.59 Å². The number of piperazine rings is 1. The Labute approximate surface area is 169 Å². The predicted molar refractivity (Wildman–Crippen MR) is 107 cm³/mol.